The zero-order chi connectivity index (χ0) is 10.9. The number of hydrogen-bond acceptors (Lipinski definition) is 2. The van der Waals surface area contributed by atoms with Crippen molar-refractivity contribution in [2.24, 2.45) is 5.73 Å². The fraction of sp³-hybridized carbons (Fsp3) is 0.538. The van der Waals surface area contributed by atoms with Gasteiger partial charge >= 0.3 is 0 Å². The second kappa shape index (κ2) is 3.95. The molecule has 1 aliphatic heterocycles. The minimum absolute atomic E-state index is 0.255. The molecule has 0 bridgehead atoms. The Morgan fingerprint density at radius 3 is 2.40 bits per heavy atom. The topological polar surface area (TPSA) is 35.2 Å². The summed E-state index contributed by atoms with van der Waals surface area (Å²) in [7, 11) is 0. The highest BCUT2D eigenvalue weighted by Gasteiger charge is 2.19. The molecule has 2 heteroatoms. The number of rotatable bonds is 2. The van der Waals surface area contributed by atoms with Crippen LogP contribution in [0.4, 0.5) is 0 Å². The summed E-state index contributed by atoms with van der Waals surface area (Å²) in [6, 6.07) is 8.49. The summed E-state index contributed by atoms with van der Waals surface area (Å²) in [5, 5.41) is 0. The van der Waals surface area contributed by atoms with Gasteiger partial charge in [-0.1, -0.05) is 24.3 Å². The van der Waals surface area contributed by atoms with Gasteiger partial charge in [-0.05, 0) is 37.8 Å². The highest BCUT2D eigenvalue weighted by Crippen LogP contribution is 2.29. The molecular weight excluding hydrogens is 186 g/mol. The van der Waals surface area contributed by atoms with E-state index in [1.54, 1.807) is 0 Å². The van der Waals surface area contributed by atoms with E-state index in [0.717, 1.165) is 13.0 Å². The molecule has 0 amide bonds. The van der Waals surface area contributed by atoms with Crippen LogP contribution in [-0.2, 0) is 10.3 Å². The van der Waals surface area contributed by atoms with Gasteiger partial charge in [-0.2, -0.15) is 0 Å². The molecule has 2 rings (SSSR count). The van der Waals surface area contributed by atoms with Gasteiger partial charge in [-0.15, -0.1) is 0 Å². The highest BCUT2D eigenvalue weighted by molar-refractivity contribution is 5.28. The van der Waals surface area contributed by atoms with E-state index in [1.165, 1.54) is 17.5 Å². The first-order chi connectivity index (χ1) is 7.07. The molecule has 1 aromatic rings. The van der Waals surface area contributed by atoms with Crippen molar-refractivity contribution in [2.45, 2.75) is 38.3 Å². The lowest BCUT2D eigenvalue weighted by Gasteiger charge is -2.20. The molecule has 0 aliphatic carbocycles. The summed E-state index contributed by atoms with van der Waals surface area (Å²) in [5.41, 5.74) is 8.22. The van der Waals surface area contributed by atoms with Crippen LogP contribution in [0.25, 0.3) is 0 Å². The third-order valence-electron chi connectivity index (χ3n) is 2.96. The van der Waals surface area contributed by atoms with Crippen LogP contribution in [0.5, 0.6) is 0 Å². The molecule has 2 N–H and O–H groups in total. The average molecular weight is 205 g/mol. The Morgan fingerprint density at radius 1 is 1.27 bits per heavy atom. The van der Waals surface area contributed by atoms with Crippen LogP contribution in [0, 0.1) is 0 Å². The highest BCUT2D eigenvalue weighted by atomic mass is 16.5. The van der Waals surface area contributed by atoms with E-state index < -0.39 is 0 Å². The van der Waals surface area contributed by atoms with Gasteiger partial charge in [0.15, 0.2) is 0 Å². The minimum Gasteiger partial charge on any atom is -0.374 e. The molecule has 2 nitrogen and oxygen atoms in total. The van der Waals surface area contributed by atoms with Gasteiger partial charge in [0, 0.05) is 12.1 Å². The van der Waals surface area contributed by atoms with Crippen molar-refractivity contribution in [2.75, 3.05) is 6.61 Å². The van der Waals surface area contributed by atoms with Crippen LogP contribution >= 0.6 is 0 Å². The molecule has 1 saturated heterocycles. The summed E-state index contributed by atoms with van der Waals surface area (Å²) in [4.78, 5) is 0. The smallest absolute Gasteiger partial charge is 0.0825 e. The largest absolute Gasteiger partial charge is 0.374 e. The van der Waals surface area contributed by atoms with E-state index in [-0.39, 0.29) is 5.54 Å². The Balaban J connectivity index is 2.16. The Morgan fingerprint density at radius 2 is 1.93 bits per heavy atom. The molecule has 15 heavy (non-hydrogen) atoms. The van der Waals surface area contributed by atoms with E-state index in [1.807, 2.05) is 13.8 Å². The average Bonchev–Trinajstić information content (AvgIpc) is 2.69. The van der Waals surface area contributed by atoms with Crippen molar-refractivity contribution in [3.05, 3.63) is 35.4 Å². The lowest BCUT2D eigenvalue weighted by Crippen LogP contribution is -2.28. The van der Waals surface area contributed by atoms with E-state index in [2.05, 4.69) is 24.3 Å². The van der Waals surface area contributed by atoms with Crippen molar-refractivity contribution in [1.29, 1.82) is 0 Å². The maximum Gasteiger partial charge on any atom is 0.0825 e. The van der Waals surface area contributed by atoms with Crippen molar-refractivity contribution in [3.63, 3.8) is 0 Å². The van der Waals surface area contributed by atoms with Crippen molar-refractivity contribution >= 4 is 0 Å². The minimum atomic E-state index is -0.255. The first-order valence-corrected chi connectivity index (χ1v) is 5.58. The van der Waals surface area contributed by atoms with E-state index in [9.17, 15) is 0 Å². The Kier molecular flexibility index (Phi) is 2.81. The second-order valence-electron chi connectivity index (χ2n) is 4.85. The summed E-state index contributed by atoms with van der Waals surface area (Å²) < 4.78 is 5.63. The lowest BCUT2D eigenvalue weighted by atomic mass is 9.94. The van der Waals surface area contributed by atoms with E-state index in [0.29, 0.717) is 6.10 Å². The van der Waals surface area contributed by atoms with Gasteiger partial charge < -0.3 is 10.5 Å². The Labute approximate surface area is 91.4 Å². The molecule has 0 aromatic heterocycles. The zero-order valence-corrected chi connectivity index (χ0v) is 9.49. The van der Waals surface area contributed by atoms with Crippen LogP contribution in [0.1, 0.15) is 43.9 Å². The lowest BCUT2D eigenvalue weighted by molar-refractivity contribution is 0.112. The molecule has 0 spiro atoms. The third kappa shape index (κ3) is 2.39. The summed E-state index contributed by atoms with van der Waals surface area (Å²) in [5.74, 6) is 0. The SMILES string of the molecule is CC(C)(N)c1ccc(C2CCCO2)cc1. The molecule has 0 saturated carbocycles. The standard InChI is InChI=1S/C13H19NO/c1-13(2,14)11-7-5-10(6-8-11)12-4-3-9-15-12/h5-8,12H,3-4,9,14H2,1-2H3. The molecule has 1 aromatic carbocycles. The van der Waals surface area contributed by atoms with Gasteiger partial charge in [0.2, 0.25) is 0 Å². The first-order valence-electron chi connectivity index (χ1n) is 5.58. The number of benzene rings is 1. The number of nitrogens with two attached hydrogens (primary N) is 1. The molecular formula is C13H19NO. The van der Waals surface area contributed by atoms with Gasteiger partial charge in [0.1, 0.15) is 0 Å². The molecule has 1 atom stereocenters. The fourth-order valence-electron chi connectivity index (χ4n) is 1.97. The van der Waals surface area contributed by atoms with Gasteiger partial charge in [-0.3, -0.25) is 0 Å². The Hall–Kier alpha value is -0.860. The summed E-state index contributed by atoms with van der Waals surface area (Å²) in [6.07, 6.45) is 2.63. The predicted molar refractivity (Wildman–Crippen MR) is 61.6 cm³/mol. The third-order valence-corrected chi connectivity index (χ3v) is 2.96. The summed E-state index contributed by atoms with van der Waals surface area (Å²) in [6.45, 7) is 4.94. The molecule has 1 unspecified atom stereocenters. The number of hydrogen-bond donors (Lipinski definition) is 1. The summed E-state index contributed by atoms with van der Waals surface area (Å²) >= 11 is 0. The zero-order valence-electron chi connectivity index (χ0n) is 9.49. The van der Waals surface area contributed by atoms with Crippen molar-refractivity contribution in [3.8, 4) is 0 Å². The molecule has 0 radical (unpaired) electrons. The van der Waals surface area contributed by atoms with Crippen molar-refractivity contribution in [1.82, 2.24) is 0 Å². The van der Waals surface area contributed by atoms with Crippen LogP contribution in [0.2, 0.25) is 0 Å². The quantitative estimate of drug-likeness (QED) is 0.805. The van der Waals surface area contributed by atoms with Crippen LogP contribution in [0.3, 0.4) is 0 Å². The predicted octanol–water partition coefficient (Wildman–Crippen LogP) is 2.73. The monoisotopic (exact) mass is 205 g/mol. The second-order valence-corrected chi connectivity index (χ2v) is 4.85. The Bertz CT molecular complexity index is 317. The van der Waals surface area contributed by atoms with Crippen LogP contribution < -0.4 is 5.73 Å². The first kappa shape index (κ1) is 10.7. The van der Waals surface area contributed by atoms with Gasteiger partial charge in [-0.25, -0.2) is 0 Å². The van der Waals surface area contributed by atoms with Crippen LogP contribution in [0.15, 0.2) is 24.3 Å². The fourth-order valence-corrected chi connectivity index (χ4v) is 1.97. The molecule has 82 valence electrons. The van der Waals surface area contributed by atoms with Crippen molar-refractivity contribution < 1.29 is 4.74 Å². The maximum absolute atomic E-state index is 6.03. The molecule has 1 heterocycles. The van der Waals surface area contributed by atoms with Gasteiger partial charge in [0.25, 0.3) is 0 Å². The normalized spacial score (nSPS) is 21.9. The number of ether oxygens (including phenoxy) is 1. The molecule has 1 fully saturated rings. The molecule has 1 aliphatic rings. The maximum atomic E-state index is 6.03. The van der Waals surface area contributed by atoms with E-state index in [4.69, 9.17) is 10.5 Å². The van der Waals surface area contributed by atoms with Crippen LogP contribution in [-0.4, -0.2) is 6.61 Å². The van der Waals surface area contributed by atoms with E-state index >= 15 is 0 Å². The van der Waals surface area contributed by atoms with Gasteiger partial charge in [0.05, 0.1) is 6.10 Å².